The molecular weight excluding hydrogens is 272 g/mol. The number of nitrogens with one attached hydrogen (secondary N) is 1. The molecule has 6 nitrogen and oxygen atoms in total. The van der Waals surface area contributed by atoms with Gasteiger partial charge in [0.05, 0.1) is 39.6 Å². The summed E-state index contributed by atoms with van der Waals surface area (Å²) < 4.78 is 22.9. The summed E-state index contributed by atoms with van der Waals surface area (Å²) in [6.07, 6.45) is 4.21. The van der Waals surface area contributed by atoms with E-state index in [4.69, 9.17) is 18.9 Å². The van der Waals surface area contributed by atoms with Gasteiger partial charge in [-0.1, -0.05) is 0 Å². The third-order valence-electron chi connectivity index (χ3n) is 2.92. The lowest BCUT2D eigenvalue weighted by Crippen LogP contribution is -2.18. The molecule has 1 aromatic rings. The Morgan fingerprint density at radius 3 is 2.43 bits per heavy atom. The van der Waals surface area contributed by atoms with Crippen molar-refractivity contribution in [3.63, 3.8) is 0 Å². The maximum absolute atomic E-state index is 5.52. The summed E-state index contributed by atoms with van der Waals surface area (Å²) in [5.41, 5.74) is 1.27. The SMILES string of the molecule is COCCNCc1ccn(CCOCCOCCOC)c1. The summed E-state index contributed by atoms with van der Waals surface area (Å²) in [5, 5.41) is 3.32. The van der Waals surface area contributed by atoms with Crippen LogP contribution in [-0.4, -0.2) is 65.0 Å². The van der Waals surface area contributed by atoms with E-state index in [9.17, 15) is 0 Å². The molecule has 21 heavy (non-hydrogen) atoms. The zero-order valence-electron chi connectivity index (χ0n) is 13.2. The number of hydrogen-bond acceptors (Lipinski definition) is 5. The van der Waals surface area contributed by atoms with E-state index in [0.717, 1.165) is 26.2 Å². The van der Waals surface area contributed by atoms with Gasteiger partial charge in [-0.2, -0.15) is 0 Å². The molecule has 0 spiro atoms. The molecule has 0 saturated carbocycles. The quantitative estimate of drug-likeness (QED) is 0.518. The van der Waals surface area contributed by atoms with Crippen LogP contribution in [0.2, 0.25) is 0 Å². The Morgan fingerprint density at radius 1 is 0.952 bits per heavy atom. The highest BCUT2D eigenvalue weighted by molar-refractivity contribution is 5.09. The molecule has 0 aliphatic carbocycles. The van der Waals surface area contributed by atoms with Crippen LogP contribution in [0.3, 0.4) is 0 Å². The van der Waals surface area contributed by atoms with Crippen LogP contribution in [0.4, 0.5) is 0 Å². The van der Waals surface area contributed by atoms with Crippen molar-refractivity contribution in [2.24, 2.45) is 0 Å². The van der Waals surface area contributed by atoms with E-state index < -0.39 is 0 Å². The number of methoxy groups -OCH3 is 2. The molecule has 6 heteroatoms. The molecular formula is C15H28N2O4. The van der Waals surface area contributed by atoms with E-state index in [1.807, 2.05) is 0 Å². The normalized spacial score (nSPS) is 11.1. The highest BCUT2D eigenvalue weighted by atomic mass is 16.5. The molecule has 1 N–H and O–H groups in total. The molecule has 0 aromatic carbocycles. The van der Waals surface area contributed by atoms with Crippen molar-refractivity contribution in [2.75, 3.05) is 60.4 Å². The molecule has 0 fully saturated rings. The van der Waals surface area contributed by atoms with Crippen LogP contribution in [0, 0.1) is 0 Å². The summed E-state index contributed by atoms with van der Waals surface area (Å²) in [6, 6.07) is 2.12. The molecule has 0 unspecified atom stereocenters. The predicted molar refractivity (Wildman–Crippen MR) is 81.5 cm³/mol. The van der Waals surface area contributed by atoms with Gasteiger partial charge in [0.15, 0.2) is 0 Å². The third-order valence-corrected chi connectivity index (χ3v) is 2.92. The number of ether oxygens (including phenoxy) is 4. The standard InChI is InChI=1S/C15H28N2O4/c1-18-7-4-16-13-15-3-5-17(14-15)6-8-20-11-12-21-10-9-19-2/h3,5,14,16H,4,6-13H2,1-2H3. The van der Waals surface area contributed by atoms with E-state index in [0.29, 0.717) is 33.0 Å². The van der Waals surface area contributed by atoms with Gasteiger partial charge in [-0.15, -0.1) is 0 Å². The number of hydrogen-bond donors (Lipinski definition) is 1. The predicted octanol–water partition coefficient (Wildman–Crippen LogP) is 0.904. The lowest BCUT2D eigenvalue weighted by Gasteiger charge is -2.06. The zero-order valence-corrected chi connectivity index (χ0v) is 13.2. The van der Waals surface area contributed by atoms with Gasteiger partial charge in [0.25, 0.3) is 0 Å². The van der Waals surface area contributed by atoms with Crippen molar-refractivity contribution >= 4 is 0 Å². The molecule has 1 aromatic heterocycles. The molecule has 0 bridgehead atoms. The summed E-state index contributed by atoms with van der Waals surface area (Å²) in [5.74, 6) is 0. The molecule has 1 heterocycles. The van der Waals surface area contributed by atoms with Crippen LogP contribution < -0.4 is 5.32 Å². The number of rotatable bonds is 14. The fourth-order valence-electron chi connectivity index (χ4n) is 1.78. The Hall–Kier alpha value is -0.920. The van der Waals surface area contributed by atoms with Gasteiger partial charge in [0.2, 0.25) is 0 Å². The fourth-order valence-corrected chi connectivity index (χ4v) is 1.78. The minimum Gasteiger partial charge on any atom is -0.383 e. The lowest BCUT2D eigenvalue weighted by atomic mass is 10.3. The second-order valence-corrected chi connectivity index (χ2v) is 4.64. The van der Waals surface area contributed by atoms with Crippen molar-refractivity contribution in [1.29, 1.82) is 0 Å². The molecule has 122 valence electrons. The summed E-state index contributed by atoms with van der Waals surface area (Å²) in [7, 11) is 3.37. The molecule has 0 amide bonds. The monoisotopic (exact) mass is 300 g/mol. The minimum atomic E-state index is 0.615. The Bertz CT molecular complexity index is 344. The lowest BCUT2D eigenvalue weighted by molar-refractivity contribution is 0.0230. The topological polar surface area (TPSA) is 53.9 Å². The maximum Gasteiger partial charge on any atom is 0.0701 e. The van der Waals surface area contributed by atoms with E-state index >= 15 is 0 Å². The molecule has 0 saturated heterocycles. The van der Waals surface area contributed by atoms with Crippen molar-refractivity contribution < 1.29 is 18.9 Å². The largest absolute Gasteiger partial charge is 0.383 e. The van der Waals surface area contributed by atoms with Crippen LogP contribution in [0.15, 0.2) is 18.5 Å². The molecule has 0 aliphatic heterocycles. The molecule has 0 aliphatic rings. The van der Waals surface area contributed by atoms with Crippen LogP contribution in [0.1, 0.15) is 5.56 Å². The van der Waals surface area contributed by atoms with E-state index in [1.165, 1.54) is 5.56 Å². The molecule has 0 atom stereocenters. The first-order valence-corrected chi connectivity index (χ1v) is 7.35. The first kappa shape index (κ1) is 18.1. The van der Waals surface area contributed by atoms with E-state index in [1.54, 1.807) is 14.2 Å². The van der Waals surface area contributed by atoms with Crippen LogP contribution in [0.25, 0.3) is 0 Å². The van der Waals surface area contributed by atoms with Gasteiger partial charge in [-0.3, -0.25) is 0 Å². The Balaban J connectivity index is 1.98. The van der Waals surface area contributed by atoms with Crippen molar-refractivity contribution in [3.05, 3.63) is 24.0 Å². The van der Waals surface area contributed by atoms with Gasteiger partial charge in [0, 0.05) is 46.2 Å². The summed E-state index contributed by atoms with van der Waals surface area (Å²) in [6.45, 7) is 6.51. The number of aromatic nitrogens is 1. The summed E-state index contributed by atoms with van der Waals surface area (Å²) >= 11 is 0. The Kier molecular flexibility index (Phi) is 11.0. The highest BCUT2D eigenvalue weighted by Crippen LogP contribution is 2.00. The van der Waals surface area contributed by atoms with E-state index in [2.05, 4.69) is 28.3 Å². The van der Waals surface area contributed by atoms with Crippen molar-refractivity contribution in [1.82, 2.24) is 9.88 Å². The van der Waals surface area contributed by atoms with Crippen LogP contribution in [-0.2, 0) is 32.0 Å². The smallest absolute Gasteiger partial charge is 0.0701 e. The highest BCUT2D eigenvalue weighted by Gasteiger charge is 1.97. The van der Waals surface area contributed by atoms with Gasteiger partial charge in [0.1, 0.15) is 0 Å². The van der Waals surface area contributed by atoms with Gasteiger partial charge >= 0.3 is 0 Å². The summed E-state index contributed by atoms with van der Waals surface area (Å²) in [4.78, 5) is 0. The molecule has 0 radical (unpaired) electrons. The second-order valence-electron chi connectivity index (χ2n) is 4.64. The van der Waals surface area contributed by atoms with Crippen molar-refractivity contribution in [3.8, 4) is 0 Å². The zero-order chi connectivity index (χ0) is 15.2. The Morgan fingerprint density at radius 2 is 1.67 bits per heavy atom. The van der Waals surface area contributed by atoms with E-state index in [-0.39, 0.29) is 0 Å². The Labute approximate surface area is 127 Å². The van der Waals surface area contributed by atoms with Crippen LogP contribution >= 0.6 is 0 Å². The fraction of sp³-hybridized carbons (Fsp3) is 0.733. The average molecular weight is 300 g/mol. The number of nitrogens with zero attached hydrogens (tertiary/aromatic N) is 1. The first-order valence-electron chi connectivity index (χ1n) is 7.35. The van der Waals surface area contributed by atoms with Gasteiger partial charge in [-0.25, -0.2) is 0 Å². The minimum absolute atomic E-state index is 0.615. The van der Waals surface area contributed by atoms with Gasteiger partial charge in [-0.05, 0) is 11.6 Å². The third kappa shape index (κ3) is 9.60. The molecule has 1 rings (SSSR count). The van der Waals surface area contributed by atoms with Gasteiger partial charge < -0.3 is 28.8 Å². The first-order chi connectivity index (χ1) is 10.4. The second kappa shape index (κ2) is 12.8. The maximum atomic E-state index is 5.52. The van der Waals surface area contributed by atoms with Crippen molar-refractivity contribution in [2.45, 2.75) is 13.1 Å². The van der Waals surface area contributed by atoms with Crippen LogP contribution in [0.5, 0.6) is 0 Å². The average Bonchev–Trinajstić information content (AvgIpc) is 2.94.